The first kappa shape index (κ1) is 16.4. The number of rotatable bonds is 4. The molecule has 1 aliphatic rings. The summed E-state index contributed by atoms with van der Waals surface area (Å²) >= 11 is 0. The monoisotopic (exact) mass is 324 g/mol. The largest absolute Gasteiger partial charge is 0.341 e. The molecule has 0 unspecified atom stereocenters. The van der Waals surface area contributed by atoms with Gasteiger partial charge in [-0.25, -0.2) is 4.98 Å². The van der Waals surface area contributed by atoms with E-state index < -0.39 is 0 Å². The standard InChI is InChI=1S/C19H24N4O/c1-14-13-18(21-17-9-7-16(8-10-17)15(2)24)22-19(20-14)23-11-5-3-4-6-12-23/h7-10,13H,3-6,11-12H2,1-2H3,(H,20,21,22). The first-order chi connectivity index (χ1) is 11.6. The number of nitrogens with one attached hydrogen (secondary N) is 1. The minimum Gasteiger partial charge on any atom is -0.341 e. The number of benzene rings is 1. The molecule has 0 saturated carbocycles. The fraction of sp³-hybridized carbons (Fsp3) is 0.421. The van der Waals surface area contributed by atoms with E-state index in [0.717, 1.165) is 36.2 Å². The van der Waals surface area contributed by atoms with Crippen LogP contribution in [0, 0.1) is 6.92 Å². The zero-order valence-electron chi connectivity index (χ0n) is 14.4. The Balaban J connectivity index is 1.79. The lowest BCUT2D eigenvalue weighted by Gasteiger charge is -2.21. The van der Waals surface area contributed by atoms with Gasteiger partial charge >= 0.3 is 0 Å². The van der Waals surface area contributed by atoms with E-state index in [4.69, 9.17) is 0 Å². The second-order valence-electron chi connectivity index (χ2n) is 6.35. The van der Waals surface area contributed by atoms with Crippen molar-refractivity contribution in [3.63, 3.8) is 0 Å². The zero-order chi connectivity index (χ0) is 16.9. The summed E-state index contributed by atoms with van der Waals surface area (Å²) in [4.78, 5) is 22.9. The molecule has 3 rings (SSSR count). The van der Waals surface area contributed by atoms with Crippen LogP contribution in [0.2, 0.25) is 0 Å². The third-order valence-corrected chi connectivity index (χ3v) is 4.30. The van der Waals surface area contributed by atoms with Gasteiger partial charge in [-0.15, -0.1) is 0 Å². The average molecular weight is 324 g/mol. The molecule has 1 aliphatic heterocycles. The summed E-state index contributed by atoms with van der Waals surface area (Å²) in [6.45, 7) is 5.61. The number of carbonyl (C=O) groups is 1. The van der Waals surface area contributed by atoms with Gasteiger partial charge in [-0.3, -0.25) is 4.79 Å². The van der Waals surface area contributed by atoms with Crippen LogP contribution in [0.5, 0.6) is 0 Å². The molecule has 0 spiro atoms. The van der Waals surface area contributed by atoms with E-state index in [-0.39, 0.29) is 5.78 Å². The van der Waals surface area contributed by atoms with Gasteiger partial charge in [0.05, 0.1) is 0 Å². The predicted molar refractivity (Wildman–Crippen MR) is 97.2 cm³/mol. The summed E-state index contributed by atoms with van der Waals surface area (Å²) < 4.78 is 0. The number of aromatic nitrogens is 2. The van der Waals surface area contributed by atoms with E-state index in [1.54, 1.807) is 6.92 Å². The Hall–Kier alpha value is -2.43. The number of hydrogen-bond donors (Lipinski definition) is 1. The summed E-state index contributed by atoms with van der Waals surface area (Å²) in [5.74, 6) is 1.67. The van der Waals surface area contributed by atoms with Crippen molar-refractivity contribution in [2.45, 2.75) is 39.5 Å². The number of aryl methyl sites for hydroxylation is 1. The molecule has 5 heteroatoms. The van der Waals surface area contributed by atoms with Gasteiger partial charge in [0.25, 0.3) is 0 Å². The lowest BCUT2D eigenvalue weighted by atomic mass is 10.1. The van der Waals surface area contributed by atoms with Crippen molar-refractivity contribution in [3.05, 3.63) is 41.6 Å². The third kappa shape index (κ3) is 4.10. The van der Waals surface area contributed by atoms with Gasteiger partial charge < -0.3 is 10.2 Å². The highest BCUT2D eigenvalue weighted by Crippen LogP contribution is 2.21. The molecule has 1 N–H and O–H groups in total. The normalized spacial score (nSPS) is 15.0. The van der Waals surface area contributed by atoms with Crippen LogP contribution in [0.1, 0.15) is 48.7 Å². The molecule has 1 saturated heterocycles. The Morgan fingerprint density at radius 2 is 1.71 bits per heavy atom. The molecule has 1 aromatic carbocycles. The Morgan fingerprint density at radius 3 is 2.33 bits per heavy atom. The second kappa shape index (κ2) is 7.43. The van der Waals surface area contributed by atoms with Crippen molar-refractivity contribution in [1.29, 1.82) is 0 Å². The minimum absolute atomic E-state index is 0.0721. The maximum Gasteiger partial charge on any atom is 0.227 e. The van der Waals surface area contributed by atoms with Gasteiger partial charge in [0.15, 0.2) is 5.78 Å². The van der Waals surface area contributed by atoms with Crippen LogP contribution in [0.15, 0.2) is 30.3 Å². The van der Waals surface area contributed by atoms with Crippen molar-refractivity contribution < 1.29 is 4.79 Å². The quantitative estimate of drug-likeness (QED) is 0.858. The molecule has 0 atom stereocenters. The molecule has 5 nitrogen and oxygen atoms in total. The van der Waals surface area contributed by atoms with Gasteiger partial charge in [-0.05, 0) is 51.0 Å². The third-order valence-electron chi connectivity index (χ3n) is 4.30. The number of Topliss-reactive ketones (excluding diaryl/α,β-unsaturated/α-hetero) is 1. The van der Waals surface area contributed by atoms with Gasteiger partial charge in [-0.1, -0.05) is 12.8 Å². The van der Waals surface area contributed by atoms with Gasteiger partial charge in [0, 0.05) is 36.1 Å². The van der Waals surface area contributed by atoms with Crippen molar-refractivity contribution in [3.8, 4) is 0 Å². The number of hydrogen-bond acceptors (Lipinski definition) is 5. The summed E-state index contributed by atoms with van der Waals surface area (Å²) in [5.41, 5.74) is 2.58. The Labute approximate surface area is 143 Å². The van der Waals surface area contributed by atoms with E-state index in [9.17, 15) is 4.79 Å². The summed E-state index contributed by atoms with van der Waals surface area (Å²) in [5, 5.41) is 3.32. The molecule has 0 aliphatic carbocycles. The smallest absolute Gasteiger partial charge is 0.227 e. The first-order valence-corrected chi connectivity index (χ1v) is 8.60. The molecule has 126 valence electrons. The first-order valence-electron chi connectivity index (χ1n) is 8.60. The summed E-state index contributed by atoms with van der Waals surface area (Å²) in [7, 11) is 0. The molecule has 0 radical (unpaired) electrons. The molecule has 0 bridgehead atoms. The predicted octanol–water partition coefficient (Wildman–Crippen LogP) is 4.11. The van der Waals surface area contributed by atoms with Crippen molar-refractivity contribution in [2.24, 2.45) is 0 Å². The van der Waals surface area contributed by atoms with E-state index in [0.29, 0.717) is 5.56 Å². The number of ketones is 1. The molecule has 1 aromatic heterocycles. The summed E-state index contributed by atoms with van der Waals surface area (Å²) in [6.07, 6.45) is 4.98. The fourth-order valence-corrected chi connectivity index (χ4v) is 2.97. The topological polar surface area (TPSA) is 58.1 Å². The number of carbonyl (C=O) groups excluding carboxylic acids is 1. The van der Waals surface area contributed by atoms with Crippen LogP contribution in [0.25, 0.3) is 0 Å². The summed E-state index contributed by atoms with van der Waals surface area (Å²) in [6, 6.07) is 9.41. The molecular formula is C19H24N4O. The number of anilines is 3. The molecule has 24 heavy (non-hydrogen) atoms. The Bertz CT molecular complexity index is 704. The van der Waals surface area contributed by atoms with Crippen molar-refractivity contribution >= 4 is 23.2 Å². The molecule has 0 amide bonds. The lowest BCUT2D eigenvalue weighted by Crippen LogP contribution is -2.26. The van der Waals surface area contributed by atoms with Crippen LogP contribution in [-0.4, -0.2) is 28.8 Å². The highest BCUT2D eigenvalue weighted by atomic mass is 16.1. The Morgan fingerprint density at radius 1 is 1.04 bits per heavy atom. The van der Waals surface area contributed by atoms with Gasteiger partial charge in [0.2, 0.25) is 5.95 Å². The van der Waals surface area contributed by atoms with Crippen LogP contribution >= 0.6 is 0 Å². The average Bonchev–Trinajstić information content (AvgIpc) is 2.84. The van der Waals surface area contributed by atoms with Crippen LogP contribution in [0.4, 0.5) is 17.5 Å². The van der Waals surface area contributed by atoms with Crippen LogP contribution in [0.3, 0.4) is 0 Å². The van der Waals surface area contributed by atoms with E-state index in [1.807, 2.05) is 37.3 Å². The van der Waals surface area contributed by atoms with Crippen molar-refractivity contribution in [1.82, 2.24) is 9.97 Å². The fourth-order valence-electron chi connectivity index (χ4n) is 2.97. The second-order valence-corrected chi connectivity index (χ2v) is 6.35. The minimum atomic E-state index is 0.0721. The number of nitrogens with zero attached hydrogens (tertiary/aromatic N) is 3. The zero-order valence-corrected chi connectivity index (χ0v) is 14.4. The van der Waals surface area contributed by atoms with E-state index in [2.05, 4.69) is 20.2 Å². The molecule has 2 aromatic rings. The lowest BCUT2D eigenvalue weighted by molar-refractivity contribution is 0.101. The maximum atomic E-state index is 11.4. The highest BCUT2D eigenvalue weighted by Gasteiger charge is 2.14. The molecular weight excluding hydrogens is 300 g/mol. The Kier molecular flexibility index (Phi) is 5.08. The van der Waals surface area contributed by atoms with Crippen molar-refractivity contribution in [2.75, 3.05) is 23.3 Å². The highest BCUT2D eigenvalue weighted by molar-refractivity contribution is 5.94. The maximum absolute atomic E-state index is 11.4. The van der Waals surface area contributed by atoms with Gasteiger partial charge in [-0.2, -0.15) is 4.98 Å². The molecule has 1 fully saturated rings. The molecule has 2 heterocycles. The SMILES string of the molecule is CC(=O)c1ccc(Nc2cc(C)nc(N3CCCCCC3)n2)cc1. The van der Waals surface area contributed by atoms with E-state index >= 15 is 0 Å². The van der Waals surface area contributed by atoms with E-state index in [1.165, 1.54) is 25.7 Å². The van der Waals surface area contributed by atoms with Crippen LogP contribution in [-0.2, 0) is 0 Å². The van der Waals surface area contributed by atoms with Crippen LogP contribution < -0.4 is 10.2 Å². The van der Waals surface area contributed by atoms with Gasteiger partial charge in [0.1, 0.15) is 5.82 Å².